The lowest BCUT2D eigenvalue weighted by atomic mass is 9.83. The SMILES string of the molecule is CC(C)(C)C(NC(=O)O)[C@H]1CN(S(=O)(=O)c2ccccc2C#N)CCO1. The molecule has 1 aromatic carbocycles. The molecule has 0 saturated carbocycles. The number of ether oxygens (including phenoxy) is 1. The number of hydrogen-bond acceptors (Lipinski definition) is 5. The van der Waals surface area contributed by atoms with Gasteiger partial charge in [-0.05, 0) is 17.5 Å². The van der Waals surface area contributed by atoms with E-state index in [0.29, 0.717) is 0 Å². The van der Waals surface area contributed by atoms with Gasteiger partial charge in [-0.2, -0.15) is 9.57 Å². The highest BCUT2D eigenvalue weighted by Gasteiger charge is 2.40. The first-order valence-electron chi connectivity index (χ1n) is 8.17. The maximum atomic E-state index is 13.0. The maximum absolute atomic E-state index is 13.0. The fourth-order valence-electron chi connectivity index (χ4n) is 2.99. The third-order valence-corrected chi connectivity index (χ3v) is 6.19. The molecular formula is C17H23N3O5S. The number of morpholine rings is 1. The number of nitrogens with zero attached hydrogens (tertiary/aromatic N) is 2. The maximum Gasteiger partial charge on any atom is 0.404 e. The average Bonchev–Trinajstić information content (AvgIpc) is 2.58. The molecule has 1 heterocycles. The molecule has 1 amide bonds. The molecule has 0 aromatic heterocycles. The van der Waals surface area contributed by atoms with Gasteiger partial charge >= 0.3 is 6.09 Å². The van der Waals surface area contributed by atoms with Crippen molar-refractivity contribution >= 4 is 16.1 Å². The van der Waals surface area contributed by atoms with E-state index in [9.17, 15) is 18.5 Å². The van der Waals surface area contributed by atoms with E-state index in [4.69, 9.17) is 9.84 Å². The summed E-state index contributed by atoms with van der Waals surface area (Å²) < 4.78 is 32.9. The third kappa shape index (κ3) is 4.33. The molecule has 1 aliphatic heterocycles. The van der Waals surface area contributed by atoms with Crippen molar-refractivity contribution in [1.82, 2.24) is 9.62 Å². The van der Waals surface area contributed by atoms with Crippen molar-refractivity contribution in [3.63, 3.8) is 0 Å². The van der Waals surface area contributed by atoms with Crippen LogP contribution in [-0.2, 0) is 14.8 Å². The molecule has 1 aromatic rings. The minimum Gasteiger partial charge on any atom is -0.465 e. The topological polar surface area (TPSA) is 120 Å². The van der Waals surface area contributed by atoms with E-state index in [1.807, 2.05) is 26.8 Å². The number of carboxylic acid groups (broad SMARTS) is 1. The zero-order valence-electron chi connectivity index (χ0n) is 15.0. The number of hydrogen-bond donors (Lipinski definition) is 2. The molecule has 2 N–H and O–H groups in total. The van der Waals surface area contributed by atoms with Crippen LogP contribution in [0.4, 0.5) is 4.79 Å². The lowest BCUT2D eigenvalue weighted by molar-refractivity contribution is -0.0431. The summed E-state index contributed by atoms with van der Waals surface area (Å²) in [5, 5.41) is 20.8. The Morgan fingerprint density at radius 1 is 1.42 bits per heavy atom. The Bertz CT molecular complexity index is 810. The fourth-order valence-corrected chi connectivity index (χ4v) is 4.57. The van der Waals surface area contributed by atoms with E-state index in [1.165, 1.54) is 16.4 Å². The van der Waals surface area contributed by atoms with Gasteiger partial charge in [-0.15, -0.1) is 0 Å². The molecule has 0 radical (unpaired) electrons. The van der Waals surface area contributed by atoms with E-state index in [1.54, 1.807) is 12.1 Å². The molecular weight excluding hydrogens is 358 g/mol. The van der Waals surface area contributed by atoms with Crippen molar-refractivity contribution in [2.75, 3.05) is 19.7 Å². The van der Waals surface area contributed by atoms with Crippen molar-refractivity contribution in [3.8, 4) is 6.07 Å². The summed E-state index contributed by atoms with van der Waals surface area (Å²) in [6.45, 7) is 5.86. The first-order chi connectivity index (χ1) is 12.1. The first kappa shape index (κ1) is 20.2. The van der Waals surface area contributed by atoms with Crippen LogP contribution in [0, 0.1) is 16.7 Å². The van der Waals surface area contributed by atoms with Gasteiger partial charge in [-0.25, -0.2) is 13.2 Å². The van der Waals surface area contributed by atoms with Crippen LogP contribution in [-0.4, -0.2) is 55.8 Å². The van der Waals surface area contributed by atoms with Gasteiger partial charge in [0.05, 0.1) is 29.2 Å². The number of nitrogens with one attached hydrogen (secondary N) is 1. The quantitative estimate of drug-likeness (QED) is 0.818. The highest BCUT2D eigenvalue weighted by Crippen LogP contribution is 2.28. The minimum absolute atomic E-state index is 0.00428. The molecule has 0 spiro atoms. The normalized spacial score (nSPS) is 20.2. The number of sulfonamides is 1. The highest BCUT2D eigenvalue weighted by molar-refractivity contribution is 7.89. The summed E-state index contributed by atoms with van der Waals surface area (Å²) in [6, 6.07) is 7.32. The molecule has 8 nitrogen and oxygen atoms in total. The van der Waals surface area contributed by atoms with Gasteiger partial charge in [-0.3, -0.25) is 0 Å². The largest absolute Gasteiger partial charge is 0.465 e. The van der Waals surface area contributed by atoms with Crippen molar-refractivity contribution in [2.24, 2.45) is 5.41 Å². The number of amides is 1. The summed E-state index contributed by atoms with van der Waals surface area (Å²) in [5.41, 5.74) is -0.396. The van der Waals surface area contributed by atoms with Gasteiger partial charge in [0.2, 0.25) is 10.0 Å². The van der Waals surface area contributed by atoms with Gasteiger partial charge in [0.1, 0.15) is 6.07 Å². The second kappa shape index (κ2) is 7.61. The van der Waals surface area contributed by atoms with E-state index >= 15 is 0 Å². The van der Waals surface area contributed by atoms with Crippen LogP contribution < -0.4 is 5.32 Å². The molecule has 1 unspecified atom stereocenters. The van der Waals surface area contributed by atoms with Gasteiger partial charge in [-0.1, -0.05) is 32.9 Å². The van der Waals surface area contributed by atoms with Crippen molar-refractivity contribution in [2.45, 2.75) is 37.8 Å². The molecule has 1 aliphatic rings. The average molecular weight is 381 g/mol. The molecule has 9 heteroatoms. The van der Waals surface area contributed by atoms with Crippen LogP contribution in [0.25, 0.3) is 0 Å². The van der Waals surface area contributed by atoms with E-state index < -0.39 is 33.7 Å². The summed E-state index contributed by atoms with van der Waals surface area (Å²) in [7, 11) is -3.89. The van der Waals surface area contributed by atoms with Crippen LogP contribution >= 0.6 is 0 Å². The molecule has 26 heavy (non-hydrogen) atoms. The molecule has 1 fully saturated rings. The number of nitriles is 1. The first-order valence-corrected chi connectivity index (χ1v) is 9.61. The van der Waals surface area contributed by atoms with Gasteiger partial charge < -0.3 is 15.2 Å². The number of carbonyl (C=O) groups is 1. The predicted molar refractivity (Wildman–Crippen MR) is 94.1 cm³/mol. The predicted octanol–water partition coefficient (Wildman–Crippen LogP) is 1.63. The molecule has 142 valence electrons. The Morgan fingerprint density at radius 2 is 2.08 bits per heavy atom. The van der Waals surface area contributed by atoms with Crippen molar-refractivity contribution in [1.29, 1.82) is 5.26 Å². The zero-order valence-corrected chi connectivity index (χ0v) is 15.8. The van der Waals surface area contributed by atoms with E-state index in [2.05, 4.69) is 5.32 Å². The summed E-state index contributed by atoms with van der Waals surface area (Å²) in [5.74, 6) is 0. The van der Waals surface area contributed by atoms with Gasteiger partial charge in [0.25, 0.3) is 0 Å². The number of rotatable bonds is 4. The van der Waals surface area contributed by atoms with E-state index in [-0.39, 0.29) is 30.2 Å². The van der Waals surface area contributed by atoms with Crippen LogP contribution in [0.5, 0.6) is 0 Å². The van der Waals surface area contributed by atoms with E-state index in [0.717, 1.165) is 0 Å². The standard InChI is InChI=1S/C17H23N3O5S/c1-17(2,3)15(19-16(21)22)13-11-20(8-9-25-13)26(23,24)14-7-5-4-6-12(14)10-18/h4-7,13,15,19H,8-9,11H2,1-3H3,(H,21,22)/t13-,15?/m1/s1. The third-order valence-electron chi connectivity index (χ3n) is 4.27. The van der Waals surface area contributed by atoms with Crippen molar-refractivity contribution in [3.05, 3.63) is 29.8 Å². The molecule has 2 rings (SSSR count). The van der Waals surface area contributed by atoms with Crippen molar-refractivity contribution < 1.29 is 23.1 Å². The van der Waals surface area contributed by atoms with Crippen LogP contribution in [0.3, 0.4) is 0 Å². The lowest BCUT2D eigenvalue weighted by Crippen LogP contribution is -2.58. The summed E-state index contributed by atoms with van der Waals surface area (Å²) >= 11 is 0. The molecule has 2 atom stereocenters. The second-order valence-corrected chi connectivity index (χ2v) is 9.08. The van der Waals surface area contributed by atoms with Gasteiger partial charge in [0.15, 0.2) is 0 Å². The Kier molecular flexibility index (Phi) is 5.91. The summed E-state index contributed by atoms with van der Waals surface area (Å²) in [4.78, 5) is 11.1. The lowest BCUT2D eigenvalue weighted by Gasteiger charge is -2.41. The minimum atomic E-state index is -3.89. The van der Waals surface area contributed by atoms with Crippen LogP contribution in [0.1, 0.15) is 26.3 Å². The zero-order chi connectivity index (χ0) is 19.5. The van der Waals surface area contributed by atoms with Gasteiger partial charge in [0, 0.05) is 13.1 Å². The smallest absolute Gasteiger partial charge is 0.404 e. The highest BCUT2D eigenvalue weighted by atomic mass is 32.2. The fraction of sp³-hybridized carbons (Fsp3) is 0.529. The second-order valence-electron chi connectivity index (χ2n) is 7.17. The van der Waals surface area contributed by atoms with Crippen LogP contribution in [0.15, 0.2) is 29.2 Å². The Balaban J connectivity index is 2.32. The Hall–Kier alpha value is -2.15. The molecule has 0 bridgehead atoms. The molecule has 0 aliphatic carbocycles. The monoisotopic (exact) mass is 381 g/mol. The summed E-state index contributed by atoms with van der Waals surface area (Å²) in [6.07, 6.45) is -1.83. The molecule has 1 saturated heterocycles. The van der Waals surface area contributed by atoms with Crippen LogP contribution in [0.2, 0.25) is 0 Å². The number of benzene rings is 1. The Morgan fingerprint density at radius 3 is 2.65 bits per heavy atom. The Labute approximate surface area is 153 Å².